The molecule has 0 heterocycles. The van der Waals surface area contributed by atoms with E-state index in [1.165, 1.54) is 7.11 Å². The van der Waals surface area contributed by atoms with E-state index >= 15 is 0 Å². The number of benzene rings is 2. The maximum atomic E-state index is 12.7. The van der Waals surface area contributed by atoms with Gasteiger partial charge in [0.05, 0.1) is 12.7 Å². The Labute approximate surface area is 165 Å². The summed E-state index contributed by atoms with van der Waals surface area (Å²) in [6.45, 7) is 3.38. The lowest BCUT2D eigenvalue weighted by Crippen LogP contribution is -2.29. The molecule has 5 heteroatoms. The van der Waals surface area contributed by atoms with Gasteiger partial charge >= 0.3 is 5.97 Å². The minimum absolute atomic E-state index is 0.0543. The van der Waals surface area contributed by atoms with Crippen LogP contribution in [-0.4, -0.2) is 36.3 Å². The molecule has 0 aromatic heterocycles. The third kappa shape index (κ3) is 6.61. The average Bonchev–Trinajstić information content (AvgIpc) is 2.71. The molecule has 2 aromatic carbocycles. The van der Waals surface area contributed by atoms with Crippen molar-refractivity contribution in [2.75, 3.05) is 20.2 Å². The summed E-state index contributed by atoms with van der Waals surface area (Å²) in [4.78, 5) is 27.1. The van der Waals surface area contributed by atoms with Crippen LogP contribution in [0.25, 0.3) is 6.08 Å². The van der Waals surface area contributed by atoms with Gasteiger partial charge in [0, 0.05) is 18.0 Å². The molecule has 2 aromatic rings. The van der Waals surface area contributed by atoms with E-state index < -0.39 is 5.97 Å². The molecular formula is C22H25NO3S. The first-order chi connectivity index (χ1) is 13.2. The number of ether oxygens (including phenoxy) is 1. The third-order valence-electron chi connectivity index (χ3n) is 3.92. The van der Waals surface area contributed by atoms with Crippen LogP contribution in [0.1, 0.15) is 35.7 Å². The Hall–Kier alpha value is -2.53. The largest absolute Gasteiger partial charge is 0.465 e. The minimum atomic E-state index is -0.432. The number of thioether (sulfide) groups is 1. The second-order valence-corrected chi connectivity index (χ2v) is 6.94. The monoisotopic (exact) mass is 383 g/mol. The molecule has 0 saturated carbocycles. The molecule has 0 atom stereocenters. The summed E-state index contributed by atoms with van der Waals surface area (Å²) in [5.41, 5.74) is 1.56. The fourth-order valence-corrected chi connectivity index (χ4v) is 3.48. The fourth-order valence-electron chi connectivity index (χ4n) is 2.57. The van der Waals surface area contributed by atoms with E-state index in [1.54, 1.807) is 18.2 Å². The van der Waals surface area contributed by atoms with Crippen molar-refractivity contribution in [2.24, 2.45) is 0 Å². The molecule has 27 heavy (non-hydrogen) atoms. The molecule has 1 amide bonds. The van der Waals surface area contributed by atoms with Crippen LogP contribution in [0, 0.1) is 0 Å². The van der Waals surface area contributed by atoms with Crippen molar-refractivity contribution in [3.8, 4) is 0 Å². The number of carbonyl (C=O) groups is 2. The van der Waals surface area contributed by atoms with Crippen LogP contribution in [-0.2, 0) is 4.74 Å². The SMILES string of the molecule is CCCN(CC/C=C/c1ccccc1)C(=O)Sc1ccccc1C(=O)OC. The van der Waals surface area contributed by atoms with Crippen molar-refractivity contribution in [3.05, 3.63) is 71.8 Å². The zero-order valence-electron chi connectivity index (χ0n) is 15.8. The van der Waals surface area contributed by atoms with E-state index in [-0.39, 0.29) is 5.24 Å². The molecule has 0 aliphatic rings. The average molecular weight is 384 g/mol. The zero-order valence-corrected chi connectivity index (χ0v) is 16.6. The Morgan fingerprint density at radius 2 is 1.74 bits per heavy atom. The Balaban J connectivity index is 1.98. The molecule has 0 aliphatic heterocycles. The summed E-state index contributed by atoms with van der Waals surface area (Å²) < 4.78 is 4.80. The first-order valence-corrected chi connectivity index (χ1v) is 9.83. The number of nitrogens with zero attached hydrogens (tertiary/aromatic N) is 1. The first-order valence-electron chi connectivity index (χ1n) is 9.01. The summed E-state index contributed by atoms with van der Waals surface area (Å²) in [6, 6.07) is 17.1. The highest BCUT2D eigenvalue weighted by Gasteiger charge is 2.18. The highest BCUT2D eigenvalue weighted by Crippen LogP contribution is 2.26. The van der Waals surface area contributed by atoms with Gasteiger partial charge in [0.15, 0.2) is 0 Å². The number of hydrogen-bond donors (Lipinski definition) is 0. The van der Waals surface area contributed by atoms with Crippen molar-refractivity contribution in [1.29, 1.82) is 0 Å². The van der Waals surface area contributed by atoms with Crippen molar-refractivity contribution < 1.29 is 14.3 Å². The number of methoxy groups -OCH3 is 1. The number of carbonyl (C=O) groups excluding carboxylic acids is 2. The summed E-state index contributed by atoms with van der Waals surface area (Å²) in [6.07, 6.45) is 5.81. The highest BCUT2D eigenvalue weighted by molar-refractivity contribution is 8.13. The molecule has 0 bridgehead atoms. The smallest absolute Gasteiger partial charge is 0.339 e. The summed E-state index contributed by atoms with van der Waals surface area (Å²) >= 11 is 1.08. The predicted octanol–water partition coefficient (Wildman–Crippen LogP) is 5.50. The Morgan fingerprint density at radius 3 is 2.44 bits per heavy atom. The fraction of sp³-hybridized carbons (Fsp3) is 0.273. The summed E-state index contributed by atoms with van der Waals surface area (Å²) in [5, 5.41) is -0.0543. The Bertz CT molecular complexity index is 774. The highest BCUT2D eigenvalue weighted by atomic mass is 32.2. The van der Waals surface area contributed by atoms with Gasteiger partial charge in [-0.2, -0.15) is 0 Å². The van der Waals surface area contributed by atoms with Crippen LogP contribution in [0.15, 0.2) is 65.6 Å². The normalized spacial score (nSPS) is 10.7. The van der Waals surface area contributed by atoms with Crippen molar-refractivity contribution in [2.45, 2.75) is 24.7 Å². The van der Waals surface area contributed by atoms with Crippen LogP contribution in [0.2, 0.25) is 0 Å². The molecule has 0 radical (unpaired) electrons. The second-order valence-electron chi connectivity index (χ2n) is 5.94. The molecule has 0 aliphatic carbocycles. The van der Waals surface area contributed by atoms with Gasteiger partial charge in [-0.3, -0.25) is 4.79 Å². The lowest BCUT2D eigenvalue weighted by Gasteiger charge is -2.21. The van der Waals surface area contributed by atoms with Crippen LogP contribution >= 0.6 is 11.8 Å². The number of hydrogen-bond acceptors (Lipinski definition) is 4. The first kappa shape index (κ1) is 20.8. The van der Waals surface area contributed by atoms with Gasteiger partial charge in [0.25, 0.3) is 5.24 Å². The maximum Gasteiger partial charge on any atom is 0.339 e. The zero-order chi connectivity index (χ0) is 19.5. The van der Waals surface area contributed by atoms with Crippen molar-refractivity contribution in [1.82, 2.24) is 4.90 Å². The predicted molar refractivity (Wildman–Crippen MR) is 111 cm³/mol. The van der Waals surface area contributed by atoms with Gasteiger partial charge in [-0.25, -0.2) is 4.79 Å². The molecule has 0 N–H and O–H groups in total. The van der Waals surface area contributed by atoms with Crippen molar-refractivity contribution in [3.63, 3.8) is 0 Å². The Morgan fingerprint density at radius 1 is 1.04 bits per heavy atom. The van der Waals surface area contributed by atoms with Crippen LogP contribution in [0.4, 0.5) is 4.79 Å². The molecule has 2 rings (SSSR count). The van der Waals surface area contributed by atoms with Gasteiger partial charge < -0.3 is 9.64 Å². The molecule has 0 saturated heterocycles. The summed E-state index contributed by atoms with van der Waals surface area (Å²) in [5.74, 6) is -0.432. The molecule has 0 spiro atoms. The molecule has 0 fully saturated rings. The van der Waals surface area contributed by atoms with Crippen LogP contribution in [0.5, 0.6) is 0 Å². The van der Waals surface area contributed by atoms with E-state index in [2.05, 4.69) is 12.2 Å². The molecule has 4 nitrogen and oxygen atoms in total. The lowest BCUT2D eigenvalue weighted by molar-refractivity contribution is 0.0597. The van der Waals surface area contributed by atoms with Crippen LogP contribution in [0.3, 0.4) is 0 Å². The Kier molecular flexibility index (Phi) is 8.65. The third-order valence-corrected chi connectivity index (χ3v) is 4.93. The van der Waals surface area contributed by atoms with E-state index in [9.17, 15) is 9.59 Å². The minimum Gasteiger partial charge on any atom is -0.465 e. The molecular weight excluding hydrogens is 358 g/mol. The van der Waals surface area contributed by atoms with Gasteiger partial charge in [-0.15, -0.1) is 0 Å². The van der Waals surface area contributed by atoms with E-state index in [0.717, 1.165) is 30.2 Å². The van der Waals surface area contributed by atoms with Crippen LogP contribution < -0.4 is 0 Å². The van der Waals surface area contributed by atoms with Gasteiger partial charge in [-0.1, -0.05) is 61.5 Å². The number of amides is 1. The van der Waals surface area contributed by atoms with Gasteiger partial charge in [0.2, 0.25) is 0 Å². The van der Waals surface area contributed by atoms with E-state index in [0.29, 0.717) is 23.5 Å². The number of esters is 1. The van der Waals surface area contributed by atoms with Gasteiger partial charge in [0.1, 0.15) is 0 Å². The topological polar surface area (TPSA) is 46.6 Å². The lowest BCUT2D eigenvalue weighted by atomic mass is 10.2. The molecule has 0 unspecified atom stereocenters. The van der Waals surface area contributed by atoms with E-state index in [1.807, 2.05) is 48.2 Å². The van der Waals surface area contributed by atoms with Crippen molar-refractivity contribution >= 4 is 29.0 Å². The quantitative estimate of drug-likeness (QED) is 0.446. The standard InChI is InChI=1S/C22H25NO3S/c1-3-16-23(17-10-9-13-18-11-5-4-6-12-18)22(25)27-20-15-8-7-14-19(20)21(24)26-2/h4-9,11-15H,3,10,16-17H2,1-2H3/b13-9+. The van der Waals surface area contributed by atoms with E-state index in [4.69, 9.17) is 4.74 Å². The van der Waals surface area contributed by atoms with Gasteiger partial charge in [-0.05, 0) is 42.3 Å². The second kappa shape index (κ2) is 11.2. The maximum absolute atomic E-state index is 12.7. The molecule has 142 valence electrons. The summed E-state index contributed by atoms with van der Waals surface area (Å²) in [7, 11) is 1.34. The number of rotatable bonds is 8.